The van der Waals surface area contributed by atoms with Crippen molar-refractivity contribution >= 4 is 44.6 Å². The van der Waals surface area contributed by atoms with Gasteiger partial charge in [0.1, 0.15) is 16.7 Å². The first kappa shape index (κ1) is 17.1. The van der Waals surface area contributed by atoms with Crippen LogP contribution in [-0.4, -0.2) is 41.7 Å². The van der Waals surface area contributed by atoms with Crippen LogP contribution in [0.25, 0.3) is 21.6 Å². The molecule has 0 aromatic carbocycles. The monoisotopic (exact) mass is 400 g/mol. The van der Waals surface area contributed by atoms with Gasteiger partial charge in [-0.3, -0.25) is 4.79 Å². The molecule has 1 aliphatic heterocycles. The summed E-state index contributed by atoms with van der Waals surface area (Å²) in [6.07, 6.45) is 4.56. The third-order valence-electron chi connectivity index (χ3n) is 5.30. The van der Waals surface area contributed by atoms with Gasteiger partial charge in [0.25, 0.3) is 0 Å². The highest BCUT2D eigenvalue weighted by molar-refractivity contribution is 7.19. The van der Waals surface area contributed by atoms with Crippen LogP contribution in [0.4, 0.5) is 5.82 Å². The van der Waals surface area contributed by atoms with E-state index in [1.54, 1.807) is 22.7 Å². The van der Waals surface area contributed by atoms with Crippen molar-refractivity contribution in [3.05, 3.63) is 27.3 Å². The summed E-state index contributed by atoms with van der Waals surface area (Å²) in [4.78, 5) is 26.4. The second-order valence-electron chi connectivity index (χ2n) is 6.96. The predicted molar refractivity (Wildman–Crippen MR) is 109 cm³/mol. The van der Waals surface area contributed by atoms with Gasteiger partial charge >= 0.3 is 0 Å². The highest BCUT2D eigenvalue weighted by atomic mass is 32.1. The summed E-state index contributed by atoms with van der Waals surface area (Å²) in [6.45, 7) is 1.48. The molecule has 1 unspecified atom stereocenters. The number of carbonyl (C=O) groups is 1. The molecule has 3 aromatic rings. The smallest absolute Gasteiger partial charge is 0.242 e. The van der Waals surface area contributed by atoms with Crippen LogP contribution in [0.1, 0.15) is 23.3 Å². The van der Waals surface area contributed by atoms with E-state index in [2.05, 4.69) is 5.38 Å². The maximum Gasteiger partial charge on any atom is 0.242 e. The topological polar surface area (TPSA) is 81.3 Å². The number of amides is 1. The number of anilines is 1. The molecule has 6 nitrogen and oxygen atoms in total. The first-order valence-electron chi connectivity index (χ1n) is 9.21. The molecule has 0 spiro atoms. The summed E-state index contributed by atoms with van der Waals surface area (Å²) >= 11 is 3.41. The standard InChI is InChI=1S/C19H20N4O2S2/c20-16(24)13-9-25-7-6-23(13)18-15-12-3-1-2-4-14(12)27-19(15)22-17(21-18)11-5-8-26-10-11/h5,8,10,13H,1-4,6-7,9H2,(H2,20,24). The zero-order chi connectivity index (χ0) is 18.4. The second-order valence-corrected chi connectivity index (χ2v) is 8.82. The Balaban J connectivity index is 1.75. The van der Waals surface area contributed by atoms with Gasteiger partial charge in [-0.1, -0.05) is 0 Å². The molecule has 1 aliphatic carbocycles. The Morgan fingerprint density at radius 1 is 1.30 bits per heavy atom. The summed E-state index contributed by atoms with van der Waals surface area (Å²) in [7, 11) is 0. The van der Waals surface area contributed by atoms with Crippen LogP contribution in [0.3, 0.4) is 0 Å². The number of thiophene rings is 2. The predicted octanol–water partition coefficient (Wildman–Crippen LogP) is 2.99. The molecule has 8 heteroatoms. The molecule has 1 atom stereocenters. The van der Waals surface area contributed by atoms with Crippen molar-refractivity contribution in [3.63, 3.8) is 0 Å². The van der Waals surface area contributed by atoms with E-state index in [4.69, 9.17) is 20.4 Å². The Morgan fingerprint density at radius 3 is 3.00 bits per heavy atom. The summed E-state index contributed by atoms with van der Waals surface area (Å²) < 4.78 is 5.52. The number of morpholine rings is 1. The third kappa shape index (κ3) is 2.92. The number of fused-ring (bicyclic) bond motifs is 3. The molecule has 3 aromatic heterocycles. The molecular formula is C19H20N4O2S2. The van der Waals surface area contributed by atoms with Crippen molar-refractivity contribution < 1.29 is 9.53 Å². The van der Waals surface area contributed by atoms with Crippen LogP contribution < -0.4 is 10.6 Å². The van der Waals surface area contributed by atoms with E-state index < -0.39 is 6.04 Å². The number of nitrogens with two attached hydrogens (primary N) is 1. The highest BCUT2D eigenvalue weighted by Crippen LogP contribution is 2.41. The van der Waals surface area contributed by atoms with Gasteiger partial charge in [0.05, 0.1) is 18.6 Å². The van der Waals surface area contributed by atoms with Crippen molar-refractivity contribution in [2.24, 2.45) is 5.73 Å². The zero-order valence-corrected chi connectivity index (χ0v) is 16.4. The highest BCUT2D eigenvalue weighted by Gasteiger charge is 2.32. The molecular weight excluding hydrogens is 380 g/mol. The number of carbonyl (C=O) groups excluding carboxylic acids is 1. The van der Waals surface area contributed by atoms with Gasteiger partial charge in [-0.25, -0.2) is 9.97 Å². The molecule has 1 fully saturated rings. The van der Waals surface area contributed by atoms with Crippen LogP contribution in [0.5, 0.6) is 0 Å². The minimum absolute atomic E-state index is 0.306. The zero-order valence-electron chi connectivity index (χ0n) is 14.8. The summed E-state index contributed by atoms with van der Waals surface area (Å²) in [5, 5.41) is 5.20. The number of nitrogens with zero attached hydrogens (tertiary/aromatic N) is 3. The molecule has 1 saturated heterocycles. The fourth-order valence-corrected chi connectivity index (χ4v) is 5.85. The molecule has 2 aliphatic rings. The van der Waals surface area contributed by atoms with Crippen molar-refractivity contribution in [1.82, 2.24) is 9.97 Å². The lowest BCUT2D eigenvalue weighted by molar-refractivity contribution is -0.121. The molecule has 0 saturated carbocycles. The summed E-state index contributed by atoms with van der Waals surface area (Å²) in [6, 6.07) is 1.54. The summed E-state index contributed by atoms with van der Waals surface area (Å²) in [5.74, 6) is 1.18. The van der Waals surface area contributed by atoms with Crippen molar-refractivity contribution in [2.75, 3.05) is 24.7 Å². The number of ether oxygens (including phenoxy) is 1. The van der Waals surface area contributed by atoms with Gasteiger partial charge < -0.3 is 15.4 Å². The van der Waals surface area contributed by atoms with Gasteiger partial charge in [0.2, 0.25) is 5.91 Å². The number of aryl methyl sites for hydroxylation is 2. The van der Waals surface area contributed by atoms with Crippen molar-refractivity contribution in [1.29, 1.82) is 0 Å². The molecule has 1 amide bonds. The van der Waals surface area contributed by atoms with Gasteiger partial charge in [-0.15, -0.1) is 11.3 Å². The van der Waals surface area contributed by atoms with Crippen LogP contribution in [-0.2, 0) is 22.4 Å². The lowest BCUT2D eigenvalue weighted by atomic mass is 9.96. The molecule has 2 N–H and O–H groups in total. The normalized spacial score (nSPS) is 20.0. The quantitative estimate of drug-likeness (QED) is 0.731. The van der Waals surface area contributed by atoms with Gasteiger partial charge in [0, 0.05) is 22.4 Å². The second kappa shape index (κ2) is 6.85. The first-order chi connectivity index (χ1) is 13.2. The minimum atomic E-state index is -0.494. The van der Waals surface area contributed by atoms with Gasteiger partial charge in [0.15, 0.2) is 5.82 Å². The average molecular weight is 401 g/mol. The Bertz CT molecular complexity index is 999. The largest absolute Gasteiger partial charge is 0.377 e. The number of rotatable bonds is 3. The van der Waals surface area contributed by atoms with E-state index in [1.807, 2.05) is 16.3 Å². The fourth-order valence-electron chi connectivity index (χ4n) is 3.96. The maximum atomic E-state index is 12.1. The van der Waals surface area contributed by atoms with Crippen molar-refractivity contribution in [2.45, 2.75) is 31.7 Å². The first-order valence-corrected chi connectivity index (χ1v) is 11.0. The number of aromatic nitrogens is 2. The lowest BCUT2D eigenvalue weighted by Crippen LogP contribution is -2.53. The fraction of sp³-hybridized carbons (Fsp3) is 0.421. The Hall–Kier alpha value is -2.03. The Morgan fingerprint density at radius 2 is 2.19 bits per heavy atom. The minimum Gasteiger partial charge on any atom is -0.377 e. The van der Waals surface area contributed by atoms with Gasteiger partial charge in [-0.05, 0) is 42.7 Å². The third-order valence-corrected chi connectivity index (χ3v) is 7.17. The van der Waals surface area contributed by atoms with Crippen LogP contribution >= 0.6 is 22.7 Å². The van der Waals surface area contributed by atoms with Gasteiger partial charge in [-0.2, -0.15) is 11.3 Å². The van der Waals surface area contributed by atoms with E-state index >= 15 is 0 Å². The number of primary amides is 1. The lowest BCUT2D eigenvalue weighted by Gasteiger charge is -2.35. The molecule has 27 heavy (non-hydrogen) atoms. The SMILES string of the molecule is NC(=O)C1COCCN1c1nc(-c2ccsc2)nc2sc3c(c12)CCCC3. The van der Waals surface area contributed by atoms with Crippen LogP contribution in [0, 0.1) is 0 Å². The molecule has 140 valence electrons. The Labute approximate surface area is 165 Å². The van der Waals surface area contributed by atoms with E-state index in [-0.39, 0.29) is 5.91 Å². The number of hydrogen-bond acceptors (Lipinski definition) is 7. The molecule has 0 bridgehead atoms. The average Bonchev–Trinajstić information content (AvgIpc) is 3.35. The van der Waals surface area contributed by atoms with Crippen LogP contribution in [0.2, 0.25) is 0 Å². The molecule has 4 heterocycles. The number of hydrogen-bond donors (Lipinski definition) is 1. The van der Waals surface area contributed by atoms with E-state index in [0.717, 1.165) is 34.4 Å². The molecule has 0 radical (unpaired) electrons. The van der Waals surface area contributed by atoms with E-state index in [1.165, 1.54) is 23.3 Å². The van der Waals surface area contributed by atoms with Crippen molar-refractivity contribution in [3.8, 4) is 11.4 Å². The summed E-state index contributed by atoms with van der Waals surface area (Å²) in [5.41, 5.74) is 8.06. The van der Waals surface area contributed by atoms with E-state index in [0.29, 0.717) is 25.6 Å². The molecule has 5 rings (SSSR count). The van der Waals surface area contributed by atoms with E-state index in [9.17, 15) is 4.79 Å². The Kier molecular flexibility index (Phi) is 4.34. The van der Waals surface area contributed by atoms with Crippen LogP contribution in [0.15, 0.2) is 16.8 Å². The maximum absolute atomic E-state index is 12.1.